The van der Waals surface area contributed by atoms with E-state index in [4.69, 9.17) is 16.3 Å². The average molecular weight is 414 g/mol. The van der Waals surface area contributed by atoms with E-state index >= 15 is 0 Å². The average Bonchev–Trinajstić information content (AvgIpc) is 2.94. The van der Waals surface area contributed by atoms with Crippen molar-refractivity contribution in [1.29, 1.82) is 0 Å². The molecule has 1 heterocycles. The number of rotatable bonds is 5. The SMILES string of the molecule is COc1cccc(N([C@@H]2C=CS(=O)(=O)C2)S(=O)(=O)c2ccc(Cl)cc2)c1. The van der Waals surface area contributed by atoms with Gasteiger partial charge in [0, 0.05) is 16.5 Å². The van der Waals surface area contributed by atoms with Gasteiger partial charge in [-0.3, -0.25) is 4.31 Å². The highest BCUT2D eigenvalue weighted by Gasteiger charge is 2.36. The van der Waals surface area contributed by atoms with E-state index in [1.54, 1.807) is 24.3 Å². The lowest BCUT2D eigenvalue weighted by Gasteiger charge is -2.29. The molecular formula is C17H16ClNO5S2. The van der Waals surface area contributed by atoms with Crippen molar-refractivity contribution in [2.75, 3.05) is 17.2 Å². The number of hydrogen-bond donors (Lipinski definition) is 0. The van der Waals surface area contributed by atoms with Crippen molar-refractivity contribution in [1.82, 2.24) is 0 Å². The summed E-state index contributed by atoms with van der Waals surface area (Å²) in [6.45, 7) is 0. The summed E-state index contributed by atoms with van der Waals surface area (Å²) in [6, 6.07) is 11.3. The fourth-order valence-electron chi connectivity index (χ4n) is 2.68. The normalized spacial score (nSPS) is 18.6. The second kappa shape index (κ2) is 6.94. The van der Waals surface area contributed by atoms with Crippen LogP contribution in [0.25, 0.3) is 0 Å². The molecule has 0 radical (unpaired) electrons. The van der Waals surface area contributed by atoms with Crippen LogP contribution < -0.4 is 9.04 Å². The molecule has 1 aliphatic heterocycles. The van der Waals surface area contributed by atoms with E-state index in [2.05, 4.69) is 0 Å². The molecule has 0 saturated heterocycles. The van der Waals surface area contributed by atoms with Crippen LogP contribution in [0.1, 0.15) is 0 Å². The number of sulfonamides is 1. The summed E-state index contributed by atoms with van der Waals surface area (Å²) in [7, 11) is -6.01. The van der Waals surface area contributed by atoms with Gasteiger partial charge in [-0.25, -0.2) is 16.8 Å². The summed E-state index contributed by atoms with van der Waals surface area (Å²) in [5.74, 6) is 0.139. The van der Waals surface area contributed by atoms with Gasteiger partial charge >= 0.3 is 0 Å². The number of halogens is 1. The number of ether oxygens (including phenoxy) is 1. The molecule has 0 spiro atoms. The molecule has 0 bridgehead atoms. The molecule has 0 aromatic heterocycles. The Kier molecular flexibility index (Phi) is 5.01. The van der Waals surface area contributed by atoms with Crippen LogP contribution in [0.5, 0.6) is 5.75 Å². The van der Waals surface area contributed by atoms with Gasteiger partial charge in [0.1, 0.15) is 5.75 Å². The molecule has 1 atom stereocenters. The number of nitrogens with zero attached hydrogens (tertiary/aromatic N) is 1. The number of benzene rings is 2. The van der Waals surface area contributed by atoms with Crippen LogP contribution in [-0.4, -0.2) is 35.7 Å². The van der Waals surface area contributed by atoms with Crippen LogP contribution in [0.2, 0.25) is 5.02 Å². The van der Waals surface area contributed by atoms with E-state index in [1.807, 2.05) is 0 Å². The van der Waals surface area contributed by atoms with Gasteiger partial charge in [0.25, 0.3) is 10.0 Å². The maximum atomic E-state index is 13.3. The van der Waals surface area contributed by atoms with Crippen molar-refractivity contribution in [3.05, 3.63) is 65.0 Å². The summed E-state index contributed by atoms with van der Waals surface area (Å²) >= 11 is 5.85. The number of sulfone groups is 1. The van der Waals surface area contributed by atoms with E-state index in [-0.39, 0.29) is 10.6 Å². The van der Waals surface area contributed by atoms with Crippen LogP contribution in [0.3, 0.4) is 0 Å². The molecule has 3 rings (SSSR count). The predicted molar refractivity (Wildman–Crippen MR) is 101 cm³/mol. The van der Waals surface area contributed by atoms with Crippen molar-refractivity contribution in [2.24, 2.45) is 0 Å². The molecule has 138 valence electrons. The third-order valence-corrected chi connectivity index (χ3v) is 7.39. The second-order valence-electron chi connectivity index (χ2n) is 5.68. The molecule has 0 N–H and O–H groups in total. The van der Waals surface area contributed by atoms with E-state index in [0.717, 1.165) is 9.71 Å². The van der Waals surface area contributed by atoms with E-state index in [0.29, 0.717) is 16.5 Å². The first-order valence-corrected chi connectivity index (χ1v) is 11.1. The first-order chi connectivity index (χ1) is 12.2. The third-order valence-electron chi connectivity index (χ3n) is 3.89. The van der Waals surface area contributed by atoms with Crippen molar-refractivity contribution in [3.63, 3.8) is 0 Å². The van der Waals surface area contributed by atoms with Crippen molar-refractivity contribution < 1.29 is 21.6 Å². The molecule has 0 aliphatic carbocycles. The minimum Gasteiger partial charge on any atom is -0.497 e. The fraction of sp³-hybridized carbons (Fsp3) is 0.176. The summed E-state index contributed by atoms with van der Waals surface area (Å²) in [5.41, 5.74) is 0.311. The predicted octanol–water partition coefficient (Wildman–Crippen LogP) is 2.85. The Bertz CT molecular complexity index is 1050. The van der Waals surface area contributed by atoms with Crippen LogP contribution in [0.4, 0.5) is 5.69 Å². The standard InChI is InChI=1S/C17H16ClNO5S2/c1-24-16-4-2-3-14(11-16)19(15-9-10-25(20,21)12-15)26(22,23)17-7-5-13(18)6-8-17/h2-11,15H,12H2,1H3/t15-/m1/s1. The van der Waals surface area contributed by atoms with Gasteiger partial charge in [-0.2, -0.15) is 0 Å². The maximum Gasteiger partial charge on any atom is 0.264 e. The van der Waals surface area contributed by atoms with Gasteiger partial charge in [-0.1, -0.05) is 17.7 Å². The highest BCUT2D eigenvalue weighted by atomic mass is 35.5. The summed E-state index contributed by atoms with van der Waals surface area (Å²) in [5, 5.41) is 1.45. The van der Waals surface area contributed by atoms with Gasteiger partial charge in [0.05, 0.1) is 29.5 Å². The monoisotopic (exact) mass is 413 g/mol. The van der Waals surface area contributed by atoms with Crippen LogP contribution >= 0.6 is 11.6 Å². The lowest BCUT2D eigenvalue weighted by molar-refractivity contribution is 0.415. The lowest BCUT2D eigenvalue weighted by atomic mass is 10.2. The number of anilines is 1. The molecule has 9 heteroatoms. The van der Waals surface area contributed by atoms with Gasteiger partial charge in [-0.05, 0) is 42.5 Å². The fourth-order valence-corrected chi connectivity index (χ4v) is 5.77. The molecule has 6 nitrogen and oxygen atoms in total. The Morgan fingerprint density at radius 3 is 2.42 bits per heavy atom. The molecule has 2 aromatic carbocycles. The number of hydrogen-bond acceptors (Lipinski definition) is 5. The third kappa shape index (κ3) is 3.72. The zero-order chi connectivity index (χ0) is 18.9. The molecule has 1 aliphatic rings. The zero-order valence-electron chi connectivity index (χ0n) is 13.7. The van der Waals surface area contributed by atoms with E-state index < -0.39 is 25.9 Å². The number of methoxy groups -OCH3 is 1. The van der Waals surface area contributed by atoms with Crippen LogP contribution in [-0.2, 0) is 19.9 Å². The molecule has 0 fully saturated rings. The molecule has 0 amide bonds. The summed E-state index contributed by atoms with van der Waals surface area (Å²) in [6.07, 6.45) is 1.38. The minimum atomic E-state index is -4.03. The molecule has 0 saturated carbocycles. The summed E-state index contributed by atoms with van der Waals surface area (Å²) in [4.78, 5) is 0.0161. The Morgan fingerprint density at radius 2 is 1.85 bits per heavy atom. The Labute approximate surface area is 157 Å². The van der Waals surface area contributed by atoms with E-state index in [9.17, 15) is 16.8 Å². The highest BCUT2D eigenvalue weighted by Crippen LogP contribution is 2.32. The van der Waals surface area contributed by atoms with Gasteiger partial charge in [-0.15, -0.1) is 0 Å². The van der Waals surface area contributed by atoms with E-state index in [1.165, 1.54) is 37.5 Å². The highest BCUT2D eigenvalue weighted by molar-refractivity contribution is 7.95. The smallest absolute Gasteiger partial charge is 0.264 e. The van der Waals surface area contributed by atoms with Crippen molar-refractivity contribution in [3.8, 4) is 5.75 Å². The first-order valence-electron chi connectivity index (χ1n) is 7.58. The molecular weight excluding hydrogens is 398 g/mol. The van der Waals surface area contributed by atoms with Crippen molar-refractivity contribution >= 4 is 37.1 Å². The Morgan fingerprint density at radius 1 is 1.15 bits per heavy atom. The lowest BCUT2D eigenvalue weighted by Crippen LogP contribution is -2.41. The van der Waals surface area contributed by atoms with Crippen LogP contribution in [0.15, 0.2) is 64.9 Å². The Hall–Kier alpha value is -2.03. The first kappa shape index (κ1) is 18.8. The summed E-state index contributed by atoms with van der Waals surface area (Å²) < 4.78 is 56.5. The quantitative estimate of drug-likeness (QED) is 0.752. The molecule has 2 aromatic rings. The zero-order valence-corrected chi connectivity index (χ0v) is 16.1. The second-order valence-corrected chi connectivity index (χ2v) is 9.86. The minimum absolute atomic E-state index is 0.0161. The van der Waals surface area contributed by atoms with Crippen molar-refractivity contribution in [2.45, 2.75) is 10.9 Å². The molecule has 26 heavy (non-hydrogen) atoms. The topological polar surface area (TPSA) is 80.8 Å². The molecule has 0 unspecified atom stereocenters. The van der Waals surface area contributed by atoms with Gasteiger partial charge in [0.2, 0.25) is 0 Å². The van der Waals surface area contributed by atoms with Gasteiger partial charge in [0.15, 0.2) is 9.84 Å². The largest absolute Gasteiger partial charge is 0.497 e. The van der Waals surface area contributed by atoms with Gasteiger partial charge < -0.3 is 4.74 Å². The maximum absolute atomic E-state index is 13.3. The van der Waals surface area contributed by atoms with Crippen LogP contribution in [0, 0.1) is 0 Å². The Balaban J connectivity index is 2.14.